The molecule has 0 bridgehead atoms. The number of carbonyl (C=O) groups is 1. The van der Waals surface area contributed by atoms with Crippen LogP contribution in [0.1, 0.15) is 29.8 Å². The van der Waals surface area contributed by atoms with Gasteiger partial charge in [0.15, 0.2) is 5.65 Å². The molecule has 6 heteroatoms. The first-order valence-electron chi connectivity index (χ1n) is 11.6. The van der Waals surface area contributed by atoms with E-state index in [0.29, 0.717) is 6.54 Å². The molecule has 0 spiro atoms. The van der Waals surface area contributed by atoms with Gasteiger partial charge in [0.25, 0.3) is 5.91 Å². The average molecular weight is 440 g/mol. The zero-order chi connectivity index (χ0) is 22.8. The Balaban J connectivity index is 1.56. The number of amides is 1. The topological polar surface area (TPSA) is 52.9 Å². The van der Waals surface area contributed by atoms with Crippen LogP contribution in [0.3, 0.4) is 0 Å². The second-order valence-electron chi connectivity index (χ2n) is 8.29. The van der Waals surface area contributed by atoms with Crippen LogP contribution in [0.25, 0.3) is 16.9 Å². The highest BCUT2D eigenvalue weighted by molar-refractivity contribution is 5.99. The fourth-order valence-corrected chi connectivity index (χ4v) is 4.62. The van der Waals surface area contributed by atoms with Gasteiger partial charge < -0.3 is 15.1 Å². The standard InChI is InChI=1S/C27H29N5O/c1-3-30(4-2)16-17-31(22-8-6-5-7-9-22)25-13-12-24(32-15-14-28-26(25)32)20-10-11-23-21(18-20)19-29-27(23)33/h5-15,18H,3-4,16-17,19H2,1-2H3,(H,29,33). The number of fused-ring (bicyclic) bond motifs is 2. The monoisotopic (exact) mass is 439 g/mol. The number of pyridine rings is 1. The lowest BCUT2D eigenvalue weighted by Gasteiger charge is -2.29. The van der Waals surface area contributed by atoms with Crippen LogP contribution < -0.4 is 10.2 Å². The van der Waals surface area contributed by atoms with Gasteiger partial charge in [-0.05, 0) is 60.6 Å². The molecule has 0 saturated heterocycles. The molecule has 2 aromatic carbocycles. The van der Waals surface area contributed by atoms with Gasteiger partial charge in [0.05, 0.1) is 11.4 Å². The molecule has 6 nitrogen and oxygen atoms in total. The Hall–Kier alpha value is -3.64. The van der Waals surface area contributed by atoms with E-state index in [-0.39, 0.29) is 5.91 Å². The van der Waals surface area contributed by atoms with E-state index < -0.39 is 0 Å². The largest absolute Gasteiger partial charge is 0.348 e. The van der Waals surface area contributed by atoms with Crippen LogP contribution in [-0.2, 0) is 6.54 Å². The van der Waals surface area contributed by atoms with Crippen molar-refractivity contribution in [2.75, 3.05) is 31.1 Å². The molecule has 2 aromatic heterocycles. The molecule has 1 aliphatic rings. The normalized spacial score (nSPS) is 12.9. The predicted molar refractivity (Wildman–Crippen MR) is 133 cm³/mol. The maximum atomic E-state index is 12.0. The van der Waals surface area contributed by atoms with Gasteiger partial charge in [-0.15, -0.1) is 0 Å². The van der Waals surface area contributed by atoms with Crippen molar-refractivity contribution in [1.82, 2.24) is 19.6 Å². The van der Waals surface area contributed by atoms with Crippen molar-refractivity contribution >= 4 is 22.9 Å². The molecule has 168 valence electrons. The molecule has 0 saturated carbocycles. The third kappa shape index (κ3) is 3.98. The minimum atomic E-state index is 0.00591. The van der Waals surface area contributed by atoms with Gasteiger partial charge in [-0.1, -0.05) is 38.1 Å². The SMILES string of the molecule is CCN(CC)CCN(c1ccccc1)c1ccc(-c2ccc3c(c2)CNC3=O)n2ccnc12. The van der Waals surface area contributed by atoms with Crippen molar-refractivity contribution in [2.24, 2.45) is 0 Å². The Labute approximate surface area is 194 Å². The van der Waals surface area contributed by atoms with E-state index in [1.54, 1.807) is 0 Å². The Bertz CT molecular complexity index is 1280. The van der Waals surface area contributed by atoms with Crippen LogP contribution in [0.15, 0.2) is 73.1 Å². The number of likely N-dealkylation sites (N-methyl/N-ethyl adjacent to an activating group) is 1. The van der Waals surface area contributed by atoms with Crippen LogP contribution in [0, 0.1) is 0 Å². The quantitative estimate of drug-likeness (QED) is 0.431. The summed E-state index contributed by atoms with van der Waals surface area (Å²) in [6, 6.07) is 20.9. The number of benzene rings is 2. The maximum Gasteiger partial charge on any atom is 0.251 e. The summed E-state index contributed by atoms with van der Waals surface area (Å²) in [6.07, 6.45) is 3.87. The minimum absolute atomic E-state index is 0.00591. The van der Waals surface area contributed by atoms with E-state index in [1.807, 2.05) is 30.6 Å². The molecular weight excluding hydrogens is 410 g/mol. The number of para-hydroxylation sites is 1. The van der Waals surface area contributed by atoms with E-state index in [2.05, 4.69) is 75.8 Å². The summed E-state index contributed by atoms with van der Waals surface area (Å²) >= 11 is 0. The first-order valence-corrected chi connectivity index (χ1v) is 11.6. The van der Waals surface area contributed by atoms with Crippen molar-refractivity contribution in [3.63, 3.8) is 0 Å². The average Bonchev–Trinajstić information content (AvgIpc) is 3.49. The maximum absolute atomic E-state index is 12.0. The number of imidazole rings is 1. The molecule has 33 heavy (non-hydrogen) atoms. The highest BCUT2D eigenvalue weighted by Crippen LogP contribution is 2.33. The van der Waals surface area contributed by atoms with E-state index in [9.17, 15) is 4.79 Å². The van der Waals surface area contributed by atoms with Crippen molar-refractivity contribution in [3.8, 4) is 11.3 Å². The van der Waals surface area contributed by atoms with E-state index in [1.165, 1.54) is 0 Å². The molecule has 0 aliphatic carbocycles. The van der Waals surface area contributed by atoms with Crippen molar-refractivity contribution < 1.29 is 4.79 Å². The Kier molecular flexibility index (Phi) is 5.84. The number of aromatic nitrogens is 2. The number of carbonyl (C=O) groups excluding carboxylic acids is 1. The molecule has 5 rings (SSSR count). The fourth-order valence-electron chi connectivity index (χ4n) is 4.62. The van der Waals surface area contributed by atoms with Gasteiger partial charge in [0.2, 0.25) is 0 Å². The number of hydrogen-bond acceptors (Lipinski definition) is 4. The third-order valence-corrected chi connectivity index (χ3v) is 6.51. The fraction of sp³-hybridized carbons (Fsp3) is 0.259. The van der Waals surface area contributed by atoms with Crippen molar-refractivity contribution in [2.45, 2.75) is 20.4 Å². The highest BCUT2D eigenvalue weighted by Gasteiger charge is 2.21. The number of nitrogens with zero attached hydrogens (tertiary/aromatic N) is 4. The molecule has 0 unspecified atom stereocenters. The first kappa shape index (κ1) is 21.2. The lowest BCUT2D eigenvalue weighted by molar-refractivity contribution is 0.0966. The number of nitrogens with one attached hydrogen (secondary N) is 1. The Morgan fingerprint density at radius 2 is 1.82 bits per heavy atom. The molecule has 1 aliphatic heterocycles. The first-order chi connectivity index (χ1) is 16.2. The molecule has 3 heterocycles. The lowest BCUT2D eigenvalue weighted by Crippen LogP contribution is -2.33. The van der Waals surface area contributed by atoms with Gasteiger partial charge in [-0.3, -0.25) is 9.20 Å². The molecule has 1 N–H and O–H groups in total. The molecular formula is C27H29N5O. The zero-order valence-electron chi connectivity index (χ0n) is 19.2. The minimum Gasteiger partial charge on any atom is -0.348 e. The van der Waals surface area contributed by atoms with Gasteiger partial charge in [0.1, 0.15) is 0 Å². The molecule has 4 aromatic rings. The van der Waals surface area contributed by atoms with Gasteiger partial charge in [-0.2, -0.15) is 0 Å². The van der Waals surface area contributed by atoms with Gasteiger partial charge >= 0.3 is 0 Å². The Morgan fingerprint density at radius 3 is 2.61 bits per heavy atom. The summed E-state index contributed by atoms with van der Waals surface area (Å²) in [7, 11) is 0. The summed E-state index contributed by atoms with van der Waals surface area (Å²) in [6.45, 7) is 8.91. The predicted octanol–water partition coefficient (Wildman–Crippen LogP) is 4.72. The lowest BCUT2D eigenvalue weighted by atomic mass is 10.0. The van der Waals surface area contributed by atoms with Gasteiger partial charge in [-0.25, -0.2) is 4.98 Å². The highest BCUT2D eigenvalue weighted by atomic mass is 16.1. The molecule has 0 radical (unpaired) electrons. The molecule has 0 atom stereocenters. The second-order valence-corrected chi connectivity index (χ2v) is 8.29. The zero-order valence-corrected chi connectivity index (χ0v) is 19.2. The van der Waals surface area contributed by atoms with Crippen LogP contribution >= 0.6 is 0 Å². The van der Waals surface area contributed by atoms with E-state index >= 15 is 0 Å². The number of hydrogen-bond donors (Lipinski definition) is 1. The summed E-state index contributed by atoms with van der Waals surface area (Å²) in [5, 5.41) is 2.90. The van der Waals surface area contributed by atoms with Crippen molar-refractivity contribution in [3.05, 3.63) is 84.2 Å². The third-order valence-electron chi connectivity index (χ3n) is 6.51. The summed E-state index contributed by atoms with van der Waals surface area (Å²) in [4.78, 5) is 21.5. The molecule has 1 amide bonds. The summed E-state index contributed by atoms with van der Waals surface area (Å²) < 4.78 is 2.15. The van der Waals surface area contributed by atoms with Crippen LogP contribution in [0.4, 0.5) is 11.4 Å². The van der Waals surface area contributed by atoms with Crippen LogP contribution in [0.5, 0.6) is 0 Å². The Morgan fingerprint density at radius 1 is 1.00 bits per heavy atom. The van der Waals surface area contributed by atoms with E-state index in [4.69, 9.17) is 4.98 Å². The second kappa shape index (κ2) is 9.08. The van der Waals surface area contributed by atoms with Crippen LogP contribution in [0.2, 0.25) is 0 Å². The number of rotatable bonds is 8. The van der Waals surface area contributed by atoms with Crippen molar-refractivity contribution in [1.29, 1.82) is 0 Å². The van der Waals surface area contributed by atoms with E-state index in [0.717, 1.165) is 65.6 Å². The molecule has 0 fully saturated rings. The number of anilines is 2. The summed E-state index contributed by atoms with van der Waals surface area (Å²) in [5.74, 6) is 0.00591. The smallest absolute Gasteiger partial charge is 0.251 e. The van der Waals surface area contributed by atoms with Gasteiger partial charge in [0, 0.05) is 43.3 Å². The summed E-state index contributed by atoms with van der Waals surface area (Å²) in [5.41, 5.74) is 7.11. The van der Waals surface area contributed by atoms with Crippen LogP contribution in [-0.4, -0.2) is 46.4 Å².